The number of benzene rings is 2. The van der Waals surface area contributed by atoms with Crippen molar-refractivity contribution in [2.24, 2.45) is 0 Å². The van der Waals surface area contributed by atoms with Crippen molar-refractivity contribution in [3.05, 3.63) is 78.0 Å². The van der Waals surface area contributed by atoms with E-state index in [2.05, 4.69) is 20.3 Å². The Bertz CT molecular complexity index is 1350. The van der Waals surface area contributed by atoms with Crippen LogP contribution in [0, 0.1) is 6.92 Å². The second-order valence-electron chi connectivity index (χ2n) is 7.03. The molecule has 0 saturated heterocycles. The van der Waals surface area contributed by atoms with Crippen molar-refractivity contribution < 1.29 is 18.5 Å². The second kappa shape index (κ2) is 7.91. The Morgan fingerprint density at radius 2 is 1.87 bits per heavy atom. The van der Waals surface area contributed by atoms with E-state index in [1.54, 1.807) is 6.92 Å². The molecular weight excluding hydrogens is 396 g/mol. The molecule has 8 nitrogen and oxygen atoms in total. The Morgan fingerprint density at radius 1 is 1.06 bits per heavy atom. The molecular formula is C23H18N4O4. The summed E-state index contributed by atoms with van der Waals surface area (Å²) in [6, 6.07) is 17.4. The lowest BCUT2D eigenvalue weighted by molar-refractivity contribution is -0.144. The first-order valence-corrected chi connectivity index (χ1v) is 9.74. The molecule has 0 spiro atoms. The zero-order chi connectivity index (χ0) is 21.2. The molecule has 3 aromatic heterocycles. The van der Waals surface area contributed by atoms with Gasteiger partial charge >= 0.3 is 5.97 Å². The topological polar surface area (TPSA) is 107 Å². The minimum absolute atomic E-state index is 0.112. The number of aromatic amines is 1. The fraction of sp³-hybridized carbons (Fsp3) is 0.130. The van der Waals surface area contributed by atoms with E-state index < -0.39 is 0 Å². The number of H-pyrrole nitrogens is 1. The summed E-state index contributed by atoms with van der Waals surface area (Å²) >= 11 is 0. The molecule has 0 saturated carbocycles. The van der Waals surface area contributed by atoms with Gasteiger partial charge in [-0.25, -0.2) is 0 Å². The standard InChI is InChI=1S/C23H18N4O4/c1-14-21(22(27-31-14)15-7-3-2-4-8-15)23-26-25-19(30-23)13-29-20(28)11-16-12-24-18-10-6-5-9-17(16)18/h2-10,12,24H,11,13H2,1H3. The first kappa shape index (κ1) is 18.8. The van der Waals surface area contributed by atoms with Crippen LogP contribution in [0.25, 0.3) is 33.6 Å². The molecule has 0 radical (unpaired) electrons. The number of hydrogen-bond acceptors (Lipinski definition) is 7. The lowest BCUT2D eigenvalue weighted by Gasteiger charge is -2.01. The Kier molecular flexibility index (Phi) is 4.80. The molecule has 154 valence electrons. The molecule has 0 bridgehead atoms. The largest absolute Gasteiger partial charge is 0.455 e. The van der Waals surface area contributed by atoms with Gasteiger partial charge in [-0.1, -0.05) is 53.7 Å². The molecule has 0 aliphatic carbocycles. The SMILES string of the molecule is Cc1onc(-c2ccccc2)c1-c1nnc(COC(=O)Cc2c[nH]c3ccccc23)o1. The summed E-state index contributed by atoms with van der Waals surface area (Å²) in [7, 11) is 0. The highest BCUT2D eigenvalue weighted by Gasteiger charge is 2.22. The number of carbonyl (C=O) groups is 1. The molecule has 0 atom stereocenters. The van der Waals surface area contributed by atoms with Crippen LogP contribution in [-0.4, -0.2) is 26.3 Å². The molecule has 1 N–H and O–H groups in total. The molecule has 0 unspecified atom stereocenters. The number of ether oxygens (including phenoxy) is 1. The molecule has 2 aromatic carbocycles. The van der Waals surface area contributed by atoms with E-state index >= 15 is 0 Å². The molecule has 5 rings (SSSR count). The lowest BCUT2D eigenvalue weighted by atomic mass is 10.1. The zero-order valence-electron chi connectivity index (χ0n) is 16.7. The number of nitrogens with one attached hydrogen (secondary N) is 1. The van der Waals surface area contributed by atoms with Gasteiger partial charge in [-0.15, -0.1) is 10.2 Å². The first-order valence-electron chi connectivity index (χ1n) is 9.74. The van der Waals surface area contributed by atoms with Crippen LogP contribution in [0.5, 0.6) is 0 Å². The predicted molar refractivity (Wildman–Crippen MR) is 112 cm³/mol. The molecule has 0 aliphatic heterocycles. The monoisotopic (exact) mass is 414 g/mol. The van der Waals surface area contributed by atoms with Crippen LogP contribution in [0.3, 0.4) is 0 Å². The van der Waals surface area contributed by atoms with Crippen molar-refractivity contribution in [2.75, 3.05) is 0 Å². The maximum Gasteiger partial charge on any atom is 0.310 e. The molecule has 0 amide bonds. The first-order chi connectivity index (χ1) is 15.2. The molecule has 0 aliphatic rings. The summed E-state index contributed by atoms with van der Waals surface area (Å²) in [6.07, 6.45) is 1.96. The molecule has 8 heteroatoms. The summed E-state index contributed by atoms with van der Waals surface area (Å²) < 4.78 is 16.4. The van der Waals surface area contributed by atoms with Crippen LogP contribution in [0.4, 0.5) is 0 Å². The van der Waals surface area contributed by atoms with Crippen molar-refractivity contribution in [1.82, 2.24) is 20.3 Å². The number of carbonyl (C=O) groups excluding carboxylic acids is 1. The Morgan fingerprint density at radius 3 is 2.74 bits per heavy atom. The number of aromatic nitrogens is 4. The summed E-state index contributed by atoms with van der Waals surface area (Å²) in [5, 5.41) is 13.2. The number of aryl methyl sites for hydroxylation is 1. The summed E-state index contributed by atoms with van der Waals surface area (Å²) in [5.41, 5.74) is 3.96. The van der Waals surface area contributed by atoms with Gasteiger partial charge in [0.25, 0.3) is 11.8 Å². The van der Waals surface area contributed by atoms with E-state index in [9.17, 15) is 4.79 Å². The van der Waals surface area contributed by atoms with Gasteiger partial charge in [0.2, 0.25) is 0 Å². The van der Waals surface area contributed by atoms with Crippen LogP contribution in [0.15, 0.2) is 69.7 Å². The van der Waals surface area contributed by atoms with Crippen molar-refractivity contribution in [2.45, 2.75) is 20.0 Å². The fourth-order valence-corrected chi connectivity index (χ4v) is 3.46. The highest BCUT2D eigenvalue weighted by molar-refractivity contribution is 5.87. The number of para-hydroxylation sites is 1. The van der Waals surface area contributed by atoms with Crippen molar-refractivity contribution >= 4 is 16.9 Å². The number of fused-ring (bicyclic) bond motifs is 1. The van der Waals surface area contributed by atoms with Crippen LogP contribution >= 0.6 is 0 Å². The predicted octanol–water partition coefficient (Wildman–Crippen LogP) is 4.47. The van der Waals surface area contributed by atoms with Gasteiger partial charge in [-0.3, -0.25) is 4.79 Å². The van der Waals surface area contributed by atoms with Crippen molar-refractivity contribution in [3.8, 4) is 22.7 Å². The number of nitrogens with zero attached hydrogens (tertiary/aromatic N) is 3. The van der Waals surface area contributed by atoms with E-state index in [-0.39, 0.29) is 30.8 Å². The van der Waals surface area contributed by atoms with E-state index in [1.165, 1.54) is 0 Å². The van der Waals surface area contributed by atoms with Crippen LogP contribution in [0.1, 0.15) is 17.2 Å². The van der Waals surface area contributed by atoms with Crippen molar-refractivity contribution in [3.63, 3.8) is 0 Å². The molecule has 31 heavy (non-hydrogen) atoms. The average Bonchev–Trinajstić information content (AvgIpc) is 3.52. The smallest absolute Gasteiger partial charge is 0.310 e. The Balaban J connectivity index is 1.29. The Labute approximate surface area is 176 Å². The van der Waals surface area contributed by atoms with Crippen molar-refractivity contribution in [1.29, 1.82) is 0 Å². The third kappa shape index (κ3) is 3.71. The molecule has 3 heterocycles. The maximum atomic E-state index is 12.3. The number of esters is 1. The number of hydrogen-bond donors (Lipinski definition) is 1. The van der Waals surface area contributed by atoms with Gasteiger partial charge < -0.3 is 18.7 Å². The third-order valence-electron chi connectivity index (χ3n) is 4.96. The third-order valence-corrected chi connectivity index (χ3v) is 4.96. The number of rotatable bonds is 6. The van der Waals surface area contributed by atoms with E-state index in [0.717, 1.165) is 22.0 Å². The fourth-order valence-electron chi connectivity index (χ4n) is 3.46. The zero-order valence-corrected chi connectivity index (χ0v) is 16.7. The summed E-state index contributed by atoms with van der Waals surface area (Å²) in [6.45, 7) is 1.67. The van der Waals surface area contributed by atoms with Gasteiger partial charge in [-0.2, -0.15) is 0 Å². The van der Waals surface area contributed by atoms with Gasteiger partial charge in [0.05, 0.1) is 6.42 Å². The minimum Gasteiger partial charge on any atom is -0.455 e. The van der Waals surface area contributed by atoms with Gasteiger partial charge in [0, 0.05) is 22.7 Å². The van der Waals surface area contributed by atoms with E-state index in [4.69, 9.17) is 13.7 Å². The quantitative estimate of drug-likeness (QED) is 0.409. The van der Waals surface area contributed by atoms with Gasteiger partial charge in [-0.05, 0) is 18.6 Å². The normalized spacial score (nSPS) is 11.1. The summed E-state index contributed by atoms with van der Waals surface area (Å²) in [4.78, 5) is 15.5. The average molecular weight is 414 g/mol. The van der Waals surface area contributed by atoms with Crippen LogP contribution < -0.4 is 0 Å². The second-order valence-corrected chi connectivity index (χ2v) is 7.03. The highest BCUT2D eigenvalue weighted by atomic mass is 16.5. The maximum absolute atomic E-state index is 12.3. The molecule has 0 fully saturated rings. The summed E-state index contributed by atoms with van der Waals surface area (Å²) in [5.74, 6) is 0.642. The van der Waals surface area contributed by atoms with Crippen LogP contribution in [0.2, 0.25) is 0 Å². The van der Waals surface area contributed by atoms with Crippen LogP contribution in [-0.2, 0) is 22.6 Å². The highest BCUT2D eigenvalue weighted by Crippen LogP contribution is 2.33. The minimum atomic E-state index is -0.379. The van der Waals surface area contributed by atoms with Gasteiger partial charge in [0.15, 0.2) is 6.61 Å². The van der Waals surface area contributed by atoms with E-state index in [1.807, 2.05) is 60.8 Å². The Hall–Kier alpha value is -4.20. The lowest BCUT2D eigenvalue weighted by Crippen LogP contribution is -2.07. The van der Waals surface area contributed by atoms with E-state index in [0.29, 0.717) is 17.0 Å². The molecule has 5 aromatic rings. The van der Waals surface area contributed by atoms with Gasteiger partial charge in [0.1, 0.15) is 17.0 Å².